The minimum atomic E-state index is -0.434. The first-order valence-corrected chi connectivity index (χ1v) is 7.28. The zero-order valence-electron chi connectivity index (χ0n) is 11.2. The van der Waals surface area contributed by atoms with Crippen molar-refractivity contribution in [1.82, 2.24) is 9.80 Å². The van der Waals surface area contributed by atoms with E-state index in [9.17, 15) is 14.0 Å². The van der Waals surface area contributed by atoms with Crippen LogP contribution in [0.4, 0.5) is 4.39 Å². The van der Waals surface area contributed by atoms with Gasteiger partial charge in [-0.05, 0) is 40.5 Å². The summed E-state index contributed by atoms with van der Waals surface area (Å²) in [4.78, 5) is 27.2. The Labute approximate surface area is 125 Å². The van der Waals surface area contributed by atoms with Crippen LogP contribution in [-0.2, 0) is 4.79 Å². The Hall–Kier alpha value is -1.43. The van der Waals surface area contributed by atoms with E-state index in [1.165, 1.54) is 25.1 Å². The largest absolute Gasteiger partial charge is 0.341 e. The monoisotopic (exact) mass is 342 g/mol. The molecule has 1 heterocycles. The lowest BCUT2D eigenvalue weighted by Crippen LogP contribution is -2.36. The molecule has 1 aromatic carbocycles. The number of halogens is 2. The van der Waals surface area contributed by atoms with Crippen LogP contribution in [0.15, 0.2) is 22.7 Å². The zero-order chi connectivity index (χ0) is 14.7. The molecule has 20 heavy (non-hydrogen) atoms. The highest BCUT2D eigenvalue weighted by Gasteiger charge is 2.22. The second-order valence-corrected chi connectivity index (χ2v) is 5.63. The molecule has 6 heteroatoms. The van der Waals surface area contributed by atoms with Crippen LogP contribution in [0.25, 0.3) is 0 Å². The summed E-state index contributed by atoms with van der Waals surface area (Å²) in [5.74, 6) is -0.621. The highest BCUT2D eigenvalue weighted by Crippen LogP contribution is 2.20. The number of hydrogen-bond acceptors (Lipinski definition) is 2. The van der Waals surface area contributed by atoms with Crippen molar-refractivity contribution in [2.75, 3.05) is 26.2 Å². The van der Waals surface area contributed by atoms with Gasteiger partial charge in [-0.1, -0.05) is 0 Å². The maximum absolute atomic E-state index is 13.3. The Bertz CT molecular complexity index is 536. The topological polar surface area (TPSA) is 40.6 Å². The van der Waals surface area contributed by atoms with Crippen molar-refractivity contribution < 1.29 is 14.0 Å². The molecule has 0 spiro atoms. The van der Waals surface area contributed by atoms with Crippen LogP contribution in [0.2, 0.25) is 0 Å². The van der Waals surface area contributed by atoms with Gasteiger partial charge in [0.05, 0.1) is 5.56 Å². The fraction of sp³-hybridized carbons (Fsp3) is 0.429. The predicted molar refractivity (Wildman–Crippen MR) is 76.9 cm³/mol. The minimum absolute atomic E-state index is 0.0197. The molecule has 0 N–H and O–H groups in total. The number of amides is 2. The lowest BCUT2D eigenvalue weighted by Gasteiger charge is -2.22. The van der Waals surface area contributed by atoms with Crippen LogP contribution in [0.3, 0.4) is 0 Å². The summed E-state index contributed by atoms with van der Waals surface area (Å²) >= 11 is 3.27. The fourth-order valence-electron chi connectivity index (χ4n) is 2.27. The van der Waals surface area contributed by atoms with Gasteiger partial charge < -0.3 is 9.80 Å². The summed E-state index contributed by atoms with van der Waals surface area (Å²) in [5, 5.41) is 0. The molecule has 0 saturated carbocycles. The Morgan fingerprint density at radius 3 is 2.50 bits per heavy atom. The molecule has 0 bridgehead atoms. The van der Waals surface area contributed by atoms with E-state index in [1.54, 1.807) is 9.80 Å². The van der Waals surface area contributed by atoms with Crippen LogP contribution in [-0.4, -0.2) is 47.8 Å². The summed E-state index contributed by atoms with van der Waals surface area (Å²) in [6, 6.07) is 4.07. The van der Waals surface area contributed by atoms with Crippen molar-refractivity contribution in [2.24, 2.45) is 0 Å². The van der Waals surface area contributed by atoms with E-state index in [1.807, 2.05) is 0 Å². The molecule has 4 nitrogen and oxygen atoms in total. The first-order valence-electron chi connectivity index (χ1n) is 6.49. The van der Waals surface area contributed by atoms with Crippen molar-refractivity contribution in [3.63, 3.8) is 0 Å². The van der Waals surface area contributed by atoms with Gasteiger partial charge in [-0.25, -0.2) is 4.39 Å². The van der Waals surface area contributed by atoms with Crippen LogP contribution in [0, 0.1) is 5.82 Å². The molecule has 2 amide bonds. The maximum atomic E-state index is 13.3. The number of hydrogen-bond donors (Lipinski definition) is 0. The molecule has 0 unspecified atom stereocenters. The fourth-order valence-corrected chi connectivity index (χ4v) is 2.68. The van der Waals surface area contributed by atoms with Crippen LogP contribution in [0.1, 0.15) is 23.7 Å². The average molecular weight is 343 g/mol. The summed E-state index contributed by atoms with van der Waals surface area (Å²) in [6.45, 7) is 3.75. The number of carbonyl (C=O) groups is 2. The van der Waals surface area contributed by atoms with E-state index < -0.39 is 5.82 Å². The third kappa shape index (κ3) is 3.36. The third-order valence-electron chi connectivity index (χ3n) is 3.39. The summed E-state index contributed by atoms with van der Waals surface area (Å²) in [5.41, 5.74) is 0.321. The molecule has 1 aliphatic rings. The van der Waals surface area contributed by atoms with Crippen LogP contribution >= 0.6 is 15.9 Å². The lowest BCUT2D eigenvalue weighted by molar-refractivity contribution is -0.128. The number of rotatable bonds is 1. The molecule has 1 saturated heterocycles. The normalized spacial score (nSPS) is 15.9. The molecule has 1 aliphatic heterocycles. The van der Waals surface area contributed by atoms with Gasteiger partial charge in [0.25, 0.3) is 5.91 Å². The SMILES string of the molecule is CC(=O)N1CCCN(C(=O)c2cc(F)ccc2Br)CC1. The van der Waals surface area contributed by atoms with Crippen molar-refractivity contribution in [3.05, 3.63) is 34.1 Å². The predicted octanol–water partition coefficient (Wildman–Crippen LogP) is 2.28. The molecular formula is C14H16BrFN2O2. The Morgan fingerprint density at radius 1 is 1.15 bits per heavy atom. The van der Waals surface area contributed by atoms with Crippen LogP contribution < -0.4 is 0 Å². The maximum Gasteiger partial charge on any atom is 0.255 e. The third-order valence-corrected chi connectivity index (χ3v) is 4.08. The van der Waals surface area contributed by atoms with Gasteiger partial charge in [-0.15, -0.1) is 0 Å². The van der Waals surface area contributed by atoms with Crippen molar-refractivity contribution in [2.45, 2.75) is 13.3 Å². The summed E-state index contributed by atoms with van der Waals surface area (Å²) in [7, 11) is 0. The first kappa shape index (κ1) is 15.0. The van der Waals surface area contributed by atoms with Crippen molar-refractivity contribution >= 4 is 27.7 Å². The van der Waals surface area contributed by atoms with Gasteiger partial charge >= 0.3 is 0 Å². The second kappa shape index (κ2) is 6.35. The van der Waals surface area contributed by atoms with Gasteiger partial charge in [-0.3, -0.25) is 9.59 Å². The molecule has 0 aliphatic carbocycles. The van der Waals surface area contributed by atoms with E-state index in [2.05, 4.69) is 15.9 Å². The highest BCUT2D eigenvalue weighted by molar-refractivity contribution is 9.10. The molecule has 1 aromatic rings. The quantitative estimate of drug-likeness (QED) is 0.785. The van der Waals surface area contributed by atoms with E-state index in [4.69, 9.17) is 0 Å². The van der Waals surface area contributed by atoms with E-state index in [0.717, 1.165) is 6.42 Å². The van der Waals surface area contributed by atoms with Gasteiger partial charge in [0.15, 0.2) is 0 Å². The molecule has 0 atom stereocenters. The highest BCUT2D eigenvalue weighted by atomic mass is 79.9. The smallest absolute Gasteiger partial charge is 0.255 e. The van der Waals surface area contributed by atoms with E-state index in [0.29, 0.717) is 36.2 Å². The Kier molecular flexibility index (Phi) is 4.75. The molecule has 0 aromatic heterocycles. The van der Waals surface area contributed by atoms with Crippen molar-refractivity contribution in [1.29, 1.82) is 0 Å². The number of nitrogens with zero attached hydrogens (tertiary/aromatic N) is 2. The number of benzene rings is 1. The molecule has 2 rings (SSSR count). The van der Waals surface area contributed by atoms with Gasteiger partial charge in [0.2, 0.25) is 5.91 Å². The second-order valence-electron chi connectivity index (χ2n) is 4.78. The van der Waals surface area contributed by atoms with Gasteiger partial charge in [0, 0.05) is 37.6 Å². The minimum Gasteiger partial charge on any atom is -0.341 e. The van der Waals surface area contributed by atoms with Gasteiger partial charge in [0.1, 0.15) is 5.82 Å². The van der Waals surface area contributed by atoms with E-state index in [-0.39, 0.29) is 11.8 Å². The zero-order valence-corrected chi connectivity index (χ0v) is 12.8. The average Bonchev–Trinajstić information content (AvgIpc) is 2.66. The van der Waals surface area contributed by atoms with Crippen molar-refractivity contribution in [3.8, 4) is 0 Å². The Morgan fingerprint density at radius 2 is 1.80 bits per heavy atom. The molecular weight excluding hydrogens is 327 g/mol. The summed E-state index contributed by atoms with van der Waals surface area (Å²) in [6.07, 6.45) is 0.734. The summed E-state index contributed by atoms with van der Waals surface area (Å²) < 4.78 is 13.9. The lowest BCUT2D eigenvalue weighted by atomic mass is 10.2. The standard InChI is InChI=1S/C14H16BrFN2O2/c1-10(19)17-5-2-6-18(8-7-17)14(20)12-9-11(16)3-4-13(12)15/h3-4,9H,2,5-8H2,1H3. The first-order chi connectivity index (χ1) is 9.49. The molecule has 1 fully saturated rings. The molecule has 108 valence electrons. The Balaban J connectivity index is 2.13. The van der Waals surface area contributed by atoms with Gasteiger partial charge in [-0.2, -0.15) is 0 Å². The van der Waals surface area contributed by atoms with Crippen LogP contribution in [0.5, 0.6) is 0 Å². The number of carbonyl (C=O) groups excluding carboxylic acids is 2. The molecule has 0 radical (unpaired) electrons. The van der Waals surface area contributed by atoms with E-state index >= 15 is 0 Å².